The van der Waals surface area contributed by atoms with Crippen LogP contribution >= 0.6 is 11.3 Å². The van der Waals surface area contributed by atoms with E-state index < -0.39 is 5.41 Å². The van der Waals surface area contributed by atoms with Crippen LogP contribution in [0.25, 0.3) is 97.0 Å². The standard InChI is InChI=1S/C67H41NS/c1-2-17-50-48(15-1)49-16-3-4-18-51(49)57-41-46(39-40-52(50)57)68(45-37-35-43(36-38-45)42-31-33-44(34-32-42)47-23-13-30-64-65(47)56-22-8-12-29-63(56)69-64)62-28-14-27-61-66(62)55-21-7-11-26-60(55)67(61)58-24-9-5-19-53(58)54-20-6-10-25-59(54)67/h1-41H. The molecule has 0 radical (unpaired) electrons. The van der Waals surface area contributed by atoms with Crippen molar-refractivity contribution in [2.75, 3.05) is 4.90 Å². The highest BCUT2D eigenvalue weighted by atomic mass is 32.1. The number of hydrogen-bond acceptors (Lipinski definition) is 2. The molecule has 1 spiro atoms. The third-order valence-corrected chi connectivity index (χ3v) is 16.4. The van der Waals surface area contributed by atoms with E-state index in [-0.39, 0.29) is 0 Å². The van der Waals surface area contributed by atoms with E-state index in [2.05, 4.69) is 254 Å². The van der Waals surface area contributed by atoms with Crippen LogP contribution in [-0.2, 0) is 5.41 Å². The highest BCUT2D eigenvalue weighted by Gasteiger charge is 2.52. The minimum absolute atomic E-state index is 0.447. The largest absolute Gasteiger partial charge is 0.310 e. The van der Waals surface area contributed by atoms with Gasteiger partial charge in [0, 0.05) is 37.1 Å². The van der Waals surface area contributed by atoms with Crippen molar-refractivity contribution in [3.05, 3.63) is 271 Å². The predicted molar refractivity (Wildman–Crippen MR) is 294 cm³/mol. The number of hydrogen-bond donors (Lipinski definition) is 0. The van der Waals surface area contributed by atoms with E-state index >= 15 is 0 Å². The van der Waals surface area contributed by atoms with Crippen LogP contribution in [0.15, 0.2) is 249 Å². The van der Waals surface area contributed by atoms with Gasteiger partial charge in [-0.25, -0.2) is 0 Å². The van der Waals surface area contributed by atoms with Crippen molar-refractivity contribution in [2.45, 2.75) is 5.41 Å². The molecular formula is C67H41NS. The Hall–Kier alpha value is -8.56. The number of anilines is 3. The maximum atomic E-state index is 2.52. The fraction of sp³-hybridized carbons (Fsp3) is 0.0149. The van der Waals surface area contributed by atoms with Crippen LogP contribution in [0.4, 0.5) is 17.1 Å². The van der Waals surface area contributed by atoms with Crippen molar-refractivity contribution in [2.24, 2.45) is 0 Å². The highest BCUT2D eigenvalue weighted by Crippen LogP contribution is 2.64. The van der Waals surface area contributed by atoms with Crippen molar-refractivity contribution in [1.82, 2.24) is 0 Å². The van der Waals surface area contributed by atoms with Crippen LogP contribution in [0.3, 0.4) is 0 Å². The fourth-order valence-corrected chi connectivity index (χ4v) is 13.6. The summed E-state index contributed by atoms with van der Waals surface area (Å²) in [5.74, 6) is 0. The molecule has 0 N–H and O–H groups in total. The van der Waals surface area contributed by atoms with Gasteiger partial charge in [0.15, 0.2) is 0 Å². The second-order valence-electron chi connectivity index (χ2n) is 18.6. The van der Waals surface area contributed by atoms with Gasteiger partial charge < -0.3 is 4.90 Å². The van der Waals surface area contributed by atoms with E-state index in [9.17, 15) is 0 Å². The Bertz CT molecular complexity index is 4170. The molecule has 0 aliphatic heterocycles. The molecule has 12 aromatic carbocycles. The summed E-state index contributed by atoms with van der Waals surface area (Å²) in [4.78, 5) is 2.52. The molecule has 0 unspecified atom stereocenters. The van der Waals surface area contributed by atoms with Crippen LogP contribution < -0.4 is 4.90 Å². The van der Waals surface area contributed by atoms with E-state index in [4.69, 9.17) is 0 Å². The van der Waals surface area contributed by atoms with Gasteiger partial charge >= 0.3 is 0 Å². The lowest BCUT2D eigenvalue weighted by Gasteiger charge is -2.32. The van der Waals surface area contributed by atoms with E-state index in [1.165, 1.54) is 119 Å². The van der Waals surface area contributed by atoms with E-state index in [0.29, 0.717) is 0 Å². The number of nitrogens with zero attached hydrogens (tertiary/aromatic N) is 1. The number of fused-ring (bicyclic) bond motifs is 19. The van der Waals surface area contributed by atoms with Gasteiger partial charge in [0.05, 0.1) is 11.1 Å². The Morgan fingerprint density at radius 1 is 0.290 bits per heavy atom. The van der Waals surface area contributed by atoms with Crippen LogP contribution in [-0.4, -0.2) is 0 Å². The van der Waals surface area contributed by atoms with Crippen molar-refractivity contribution in [3.63, 3.8) is 0 Å². The first-order valence-electron chi connectivity index (χ1n) is 23.9. The molecular weight excluding hydrogens is 851 g/mol. The summed E-state index contributed by atoms with van der Waals surface area (Å²) in [5.41, 5.74) is 18.4. The van der Waals surface area contributed by atoms with Gasteiger partial charge in [-0.3, -0.25) is 0 Å². The van der Waals surface area contributed by atoms with Crippen LogP contribution in [0.2, 0.25) is 0 Å². The number of rotatable bonds is 5. The van der Waals surface area contributed by atoms with Gasteiger partial charge in [0.25, 0.3) is 0 Å². The molecule has 69 heavy (non-hydrogen) atoms. The Morgan fingerprint density at radius 2 is 0.739 bits per heavy atom. The summed E-state index contributed by atoms with van der Waals surface area (Å²) in [7, 11) is 0. The molecule has 0 bridgehead atoms. The predicted octanol–water partition coefficient (Wildman–Crippen LogP) is 18.7. The molecule has 1 heterocycles. The zero-order valence-electron chi connectivity index (χ0n) is 37.5. The van der Waals surface area contributed by atoms with Gasteiger partial charge in [-0.05, 0) is 136 Å². The van der Waals surface area contributed by atoms with Gasteiger partial charge in [-0.1, -0.05) is 206 Å². The maximum absolute atomic E-state index is 2.52. The first-order chi connectivity index (χ1) is 34.2. The van der Waals surface area contributed by atoms with Gasteiger partial charge in [0.1, 0.15) is 0 Å². The summed E-state index contributed by atoms with van der Waals surface area (Å²) in [6, 6.07) is 93.1. The molecule has 0 saturated carbocycles. The summed E-state index contributed by atoms with van der Waals surface area (Å²) in [6.07, 6.45) is 0. The number of thiophene rings is 1. The molecule has 0 atom stereocenters. The van der Waals surface area contributed by atoms with Crippen LogP contribution in [0.1, 0.15) is 22.3 Å². The second kappa shape index (κ2) is 14.7. The zero-order valence-corrected chi connectivity index (χ0v) is 38.3. The van der Waals surface area contributed by atoms with Crippen LogP contribution in [0, 0.1) is 0 Å². The lowest BCUT2D eigenvalue weighted by atomic mass is 9.70. The molecule has 1 aromatic heterocycles. The van der Waals surface area contributed by atoms with Gasteiger partial charge in [-0.15, -0.1) is 11.3 Å². The van der Waals surface area contributed by atoms with E-state index in [1.54, 1.807) is 0 Å². The quantitative estimate of drug-likeness (QED) is 0.156. The Kier molecular flexibility index (Phi) is 8.22. The van der Waals surface area contributed by atoms with Crippen LogP contribution in [0.5, 0.6) is 0 Å². The first kappa shape index (κ1) is 38.5. The molecule has 2 aliphatic rings. The average Bonchev–Trinajstić information content (AvgIpc) is 4.06. The highest BCUT2D eigenvalue weighted by molar-refractivity contribution is 7.25. The Labute approximate surface area is 404 Å². The summed E-state index contributed by atoms with van der Waals surface area (Å²) >= 11 is 1.87. The fourth-order valence-electron chi connectivity index (χ4n) is 12.4. The molecule has 1 nitrogen and oxygen atoms in total. The monoisotopic (exact) mass is 891 g/mol. The molecule has 320 valence electrons. The van der Waals surface area contributed by atoms with Gasteiger partial charge in [-0.2, -0.15) is 0 Å². The van der Waals surface area contributed by atoms with Gasteiger partial charge in [0.2, 0.25) is 0 Å². The Balaban J connectivity index is 0.925. The molecule has 2 aliphatic carbocycles. The van der Waals surface area contributed by atoms with Crippen molar-refractivity contribution in [3.8, 4) is 44.5 Å². The maximum Gasteiger partial charge on any atom is 0.0726 e. The molecule has 2 heteroatoms. The summed E-state index contributed by atoms with van der Waals surface area (Å²) < 4.78 is 2.65. The SMILES string of the molecule is c1ccc2c(c1)-c1ccccc1C21c2ccccc2-c2c(N(c3ccc(-c4ccc(-c5cccc6sc7ccccc7c56)cc4)cc3)c3ccc4c5ccccc5c5ccccc5c4c3)cccc21. The van der Waals surface area contributed by atoms with E-state index in [0.717, 1.165) is 17.1 Å². The smallest absolute Gasteiger partial charge is 0.0726 e. The molecule has 13 aromatic rings. The first-order valence-corrected chi connectivity index (χ1v) is 24.7. The Morgan fingerprint density at radius 3 is 1.41 bits per heavy atom. The minimum atomic E-state index is -0.447. The normalized spacial score (nSPS) is 13.0. The molecule has 0 amide bonds. The average molecular weight is 892 g/mol. The molecule has 0 fully saturated rings. The van der Waals surface area contributed by atoms with Crippen molar-refractivity contribution < 1.29 is 0 Å². The zero-order chi connectivity index (χ0) is 45.2. The summed E-state index contributed by atoms with van der Waals surface area (Å²) in [6.45, 7) is 0. The number of benzene rings is 12. The molecule has 15 rings (SSSR count). The third-order valence-electron chi connectivity index (χ3n) is 15.3. The summed E-state index contributed by atoms with van der Waals surface area (Å²) in [5, 5.41) is 10.3. The topological polar surface area (TPSA) is 3.24 Å². The molecule has 0 saturated heterocycles. The second-order valence-corrected chi connectivity index (χ2v) is 19.7. The third kappa shape index (κ3) is 5.41. The van der Waals surface area contributed by atoms with Crippen molar-refractivity contribution >= 4 is 80.9 Å². The van der Waals surface area contributed by atoms with Crippen molar-refractivity contribution in [1.29, 1.82) is 0 Å². The lowest BCUT2D eigenvalue weighted by molar-refractivity contribution is 0.794. The van der Waals surface area contributed by atoms with E-state index in [1.807, 2.05) is 11.3 Å². The minimum Gasteiger partial charge on any atom is -0.310 e. The lowest BCUT2D eigenvalue weighted by Crippen LogP contribution is -2.26.